The van der Waals surface area contributed by atoms with Crippen LogP contribution in [0.25, 0.3) is 0 Å². The summed E-state index contributed by atoms with van der Waals surface area (Å²) in [6.45, 7) is 2.37. The summed E-state index contributed by atoms with van der Waals surface area (Å²) in [5.74, 6) is 0.406. The van der Waals surface area contributed by atoms with Crippen LogP contribution in [0.1, 0.15) is 11.1 Å². The van der Waals surface area contributed by atoms with E-state index < -0.39 is 5.82 Å². The van der Waals surface area contributed by atoms with E-state index in [2.05, 4.69) is 4.98 Å². The molecule has 0 N–H and O–H groups in total. The second-order valence-electron chi connectivity index (χ2n) is 4.08. The van der Waals surface area contributed by atoms with Crippen LogP contribution in [-0.4, -0.2) is 12.1 Å². The lowest BCUT2D eigenvalue weighted by Crippen LogP contribution is -1.95. The predicted molar refractivity (Wildman–Crippen MR) is 71.2 cm³/mol. The van der Waals surface area contributed by atoms with Gasteiger partial charge in [-0.3, -0.25) is 0 Å². The Hall–Kier alpha value is -1.65. The van der Waals surface area contributed by atoms with Crippen molar-refractivity contribution in [2.45, 2.75) is 13.5 Å². The van der Waals surface area contributed by atoms with Gasteiger partial charge < -0.3 is 9.47 Å². The fourth-order valence-electron chi connectivity index (χ4n) is 1.64. The molecule has 2 aromatic rings. The van der Waals surface area contributed by atoms with Crippen molar-refractivity contribution >= 4 is 11.6 Å². The second kappa shape index (κ2) is 5.99. The summed E-state index contributed by atoms with van der Waals surface area (Å²) in [6, 6.07) is 5.88. The molecule has 1 heterocycles. The minimum absolute atomic E-state index is 0.210. The topological polar surface area (TPSA) is 31.4 Å². The molecule has 1 aromatic heterocycles. The Morgan fingerprint density at radius 2 is 2.11 bits per heavy atom. The number of aromatic nitrogens is 1. The van der Waals surface area contributed by atoms with Gasteiger partial charge in [0.2, 0.25) is 5.88 Å². The van der Waals surface area contributed by atoms with E-state index in [4.69, 9.17) is 21.1 Å². The van der Waals surface area contributed by atoms with Gasteiger partial charge in [-0.1, -0.05) is 11.6 Å². The highest BCUT2D eigenvalue weighted by Gasteiger charge is 2.08. The predicted octanol–water partition coefficient (Wildman–Crippen LogP) is 4.12. The zero-order valence-corrected chi connectivity index (χ0v) is 11.4. The van der Waals surface area contributed by atoms with Gasteiger partial charge in [-0.2, -0.15) is 0 Å². The third-order valence-electron chi connectivity index (χ3n) is 2.50. The fourth-order valence-corrected chi connectivity index (χ4v) is 1.84. The number of rotatable bonds is 4. The lowest BCUT2D eigenvalue weighted by molar-refractivity contribution is 0.184. The minimum Gasteiger partial charge on any atom is -0.437 e. The van der Waals surface area contributed by atoms with E-state index in [-0.39, 0.29) is 5.02 Å². The standard InChI is InChI=1S/C14H13ClFNO2/c1-9-5-10(8-18-2)7-17-14(9)19-13-4-3-11(16)6-12(13)15/h3-7H,8H2,1-2H3. The molecule has 0 aliphatic carbocycles. The van der Waals surface area contributed by atoms with Gasteiger partial charge in [0.1, 0.15) is 11.6 Å². The van der Waals surface area contributed by atoms with Gasteiger partial charge in [-0.05, 0) is 36.8 Å². The molecule has 5 heteroatoms. The van der Waals surface area contributed by atoms with Gasteiger partial charge in [0, 0.05) is 18.9 Å². The SMILES string of the molecule is COCc1cnc(Oc2ccc(F)cc2Cl)c(C)c1. The summed E-state index contributed by atoms with van der Waals surface area (Å²) >= 11 is 5.90. The lowest BCUT2D eigenvalue weighted by atomic mass is 10.2. The van der Waals surface area contributed by atoms with E-state index in [1.54, 1.807) is 13.3 Å². The number of methoxy groups -OCH3 is 1. The number of aryl methyl sites for hydroxylation is 1. The highest BCUT2D eigenvalue weighted by atomic mass is 35.5. The number of hydrogen-bond acceptors (Lipinski definition) is 3. The van der Waals surface area contributed by atoms with Crippen LogP contribution in [-0.2, 0) is 11.3 Å². The summed E-state index contributed by atoms with van der Waals surface area (Å²) in [5.41, 5.74) is 1.81. The van der Waals surface area contributed by atoms with E-state index in [9.17, 15) is 4.39 Å². The Labute approximate surface area is 115 Å². The number of pyridine rings is 1. The Balaban J connectivity index is 2.23. The number of benzene rings is 1. The third kappa shape index (κ3) is 3.43. The Morgan fingerprint density at radius 3 is 2.74 bits per heavy atom. The molecule has 0 unspecified atom stereocenters. The molecule has 100 valence electrons. The van der Waals surface area contributed by atoms with Crippen LogP contribution in [0.3, 0.4) is 0 Å². The van der Waals surface area contributed by atoms with Crippen molar-refractivity contribution in [2.75, 3.05) is 7.11 Å². The molecule has 19 heavy (non-hydrogen) atoms. The van der Waals surface area contributed by atoms with Crippen LogP contribution in [0.15, 0.2) is 30.5 Å². The Kier molecular flexibility index (Phi) is 4.35. The molecule has 0 atom stereocenters. The number of ether oxygens (including phenoxy) is 2. The Morgan fingerprint density at radius 1 is 1.32 bits per heavy atom. The van der Waals surface area contributed by atoms with Crippen LogP contribution in [0.2, 0.25) is 5.02 Å². The van der Waals surface area contributed by atoms with E-state index in [1.807, 2.05) is 13.0 Å². The van der Waals surface area contributed by atoms with Crippen molar-refractivity contribution in [1.82, 2.24) is 4.98 Å². The Bertz CT molecular complexity index is 590. The molecule has 0 spiro atoms. The number of nitrogens with zero attached hydrogens (tertiary/aromatic N) is 1. The van der Waals surface area contributed by atoms with Gasteiger partial charge in [0.05, 0.1) is 11.6 Å². The van der Waals surface area contributed by atoms with E-state index >= 15 is 0 Å². The summed E-state index contributed by atoms with van der Waals surface area (Å²) in [6.07, 6.45) is 1.67. The van der Waals surface area contributed by atoms with Crippen LogP contribution in [0, 0.1) is 12.7 Å². The molecular weight excluding hydrogens is 269 g/mol. The molecule has 0 saturated carbocycles. The van der Waals surface area contributed by atoms with Crippen LogP contribution in [0.5, 0.6) is 11.6 Å². The monoisotopic (exact) mass is 281 g/mol. The van der Waals surface area contributed by atoms with Crippen molar-refractivity contribution < 1.29 is 13.9 Å². The van der Waals surface area contributed by atoms with Crippen molar-refractivity contribution in [3.05, 3.63) is 52.4 Å². The zero-order chi connectivity index (χ0) is 13.8. The zero-order valence-electron chi connectivity index (χ0n) is 10.6. The molecule has 0 saturated heterocycles. The smallest absolute Gasteiger partial charge is 0.222 e. The van der Waals surface area contributed by atoms with Crippen LogP contribution in [0.4, 0.5) is 4.39 Å². The van der Waals surface area contributed by atoms with Crippen LogP contribution < -0.4 is 4.74 Å². The molecular formula is C14H13ClFNO2. The molecule has 3 nitrogen and oxygen atoms in total. The van der Waals surface area contributed by atoms with Crippen molar-refractivity contribution in [3.8, 4) is 11.6 Å². The van der Waals surface area contributed by atoms with Gasteiger partial charge in [0.15, 0.2) is 0 Å². The first-order valence-corrected chi connectivity index (χ1v) is 6.05. The molecule has 0 radical (unpaired) electrons. The first kappa shape index (κ1) is 13.8. The van der Waals surface area contributed by atoms with Gasteiger partial charge in [-0.25, -0.2) is 9.37 Å². The van der Waals surface area contributed by atoms with E-state index in [0.29, 0.717) is 18.2 Å². The molecule has 0 fully saturated rings. The van der Waals surface area contributed by atoms with Gasteiger partial charge in [-0.15, -0.1) is 0 Å². The highest BCUT2D eigenvalue weighted by Crippen LogP contribution is 2.30. The summed E-state index contributed by atoms with van der Waals surface area (Å²) < 4.78 is 23.5. The van der Waals surface area contributed by atoms with Crippen molar-refractivity contribution in [3.63, 3.8) is 0 Å². The van der Waals surface area contributed by atoms with E-state index in [0.717, 1.165) is 11.1 Å². The first-order chi connectivity index (χ1) is 9.10. The second-order valence-corrected chi connectivity index (χ2v) is 4.48. The maximum Gasteiger partial charge on any atom is 0.222 e. The van der Waals surface area contributed by atoms with Gasteiger partial charge >= 0.3 is 0 Å². The quantitative estimate of drug-likeness (QED) is 0.845. The maximum absolute atomic E-state index is 12.9. The molecule has 0 aliphatic rings. The summed E-state index contributed by atoms with van der Waals surface area (Å²) in [7, 11) is 1.62. The number of hydrogen-bond donors (Lipinski definition) is 0. The minimum atomic E-state index is -0.405. The average Bonchev–Trinajstić information content (AvgIpc) is 2.36. The summed E-state index contributed by atoms with van der Waals surface area (Å²) in [4.78, 5) is 4.20. The molecule has 2 rings (SSSR count). The number of halogens is 2. The fraction of sp³-hybridized carbons (Fsp3) is 0.214. The highest BCUT2D eigenvalue weighted by molar-refractivity contribution is 6.32. The maximum atomic E-state index is 12.9. The molecule has 1 aromatic carbocycles. The van der Waals surface area contributed by atoms with Crippen LogP contribution >= 0.6 is 11.6 Å². The normalized spacial score (nSPS) is 10.5. The summed E-state index contributed by atoms with van der Waals surface area (Å²) in [5, 5.41) is 0.210. The largest absolute Gasteiger partial charge is 0.437 e. The van der Waals surface area contributed by atoms with Crippen molar-refractivity contribution in [2.24, 2.45) is 0 Å². The van der Waals surface area contributed by atoms with Gasteiger partial charge in [0.25, 0.3) is 0 Å². The van der Waals surface area contributed by atoms with Crippen molar-refractivity contribution in [1.29, 1.82) is 0 Å². The third-order valence-corrected chi connectivity index (χ3v) is 2.79. The molecule has 0 aliphatic heterocycles. The molecule has 0 bridgehead atoms. The van der Waals surface area contributed by atoms with E-state index in [1.165, 1.54) is 18.2 Å². The first-order valence-electron chi connectivity index (χ1n) is 5.67. The molecule has 0 amide bonds. The lowest BCUT2D eigenvalue weighted by Gasteiger charge is -2.10. The average molecular weight is 282 g/mol.